The molecule has 1 aromatic heterocycles. The first-order valence-corrected chi connectivity index (χ1v) is 5.74. The fourth-order valence-corrected chi connectivity index (χ4v) is 1.93. The Balaban J connectivity index is 2.71. The van der Waals surface area contributed by atoms with Crippen LogP contribution in [0.1, 0.15) is 25.3 Å². The second-order valence-electron chi connectivity index (χ2n) is 3.07. The SMILES string of the molecule is C=CCC[C@@H](CCBr)n1ccoc1=O. The van der Waals surface area contributed by atoms with Crippen molar-refractivity contribution in [3.8, 4) is 0 Å². The Morgan fingerprint density at radius 2 is 2.43 bits per heavy atom. The number of aromatic nitrogens is 1. The van der Waals surface area contributed by atoms with Crippen LogP contribution in [0.3, 0.4) is 0 Å². The first kappa shape index (κ1) is 11.3. The van der Waals surface area contributed by atoms with Gasteiger partial charge in [-0.25, -0.2) is 4.79 Å². The number of alkyl halides is 1. The van der Waals surface area contributed by atoms with Crippen LogP contribution in [0.15, 0.2) is 34.3 Å². The molecule has 0 radical (unpaired) electrons. The maximum atomic E-state index is 11.3. The largest absolute Gasteiger partial charge is 0.419 e. The average Bonchev–Trinajstić information content (AvgIpc) is 2.59. The smallest absolute Gasteiger partial charge is 0.416 e. The van der Waals surface area contributed by atoms with Gasteiger partial charge in [0.15, 0.2) is 0 Å². The van der Waals surface area contributed by atoms with Gasteiger partial charge in [-0.3, -0.25) is 4.57 Å². The summed E-state index contributed by atoms with van der Waals surface area (Å²) in [6.07, 6.45) is 7.75. The van der Waals surface area contributed by atoms with E-state index in [1.807, 2.05) is 6.08 Å². The third-order valence-electron chi connectivity index (χ3n) is 2.14. The summed E-state index contributed by atoms with van der Waals surface area (Å²) in [4.78, 5) is 11.3. The first-order valence-electron chi connectivity index (χ1n) is 4.62. The molecule has 1 rings (SSSR count). The van der Waals surface area contributed by atoms with E-state index in [9.17, 15) is 4.79 Å². The minimum absolute atomic E-state index is 0.207. The topological polar surface area (TPSA) is 35.1 Å². The van der Waals surface area contributed by atoms with E-state index in [1.165, 1.54) is 6.26 Å². The van der Waals surface area contributed by atoms with E-state index in [2.05, 4.69) is 22.5 Å². The molecule has 78 valence electrons. The summed E-state index contributed by atoms with van der Waals surface area (Å²) in [5, 5.41) is 0.881. The lowest BCUT2D eigenvalue weighted by Crippen LogP contribution is -2.20. The molecule has 0 amide bonds. The molecule has 0 saturated heterocycles. The number of rotatable bonds is 6. The van der Waals surface area contributed by atoms with E-state index < -0.39 is 0 Å². The van der Waals surface area contributed by atoms with Crippen molar-refractivity contribution in [3.05, 3.63) is 35.7 Å². The zero-order valence-corrected chi connectivity index (χ0v) is 9.57. The lowest BCUT2D eigenvalue weighted by Gasteiger charge is -2.14. The van der Waals surface area contributed by atoms with Crippen LogP contribution < -0.4 is 5.76 Å². The van der Waals surface area contributed by atoms with Crippen molar-refractivity contribution in [3.63, 3.8) is 0 Å². The zero-order valence-electron chi connectivity index (χ0n) is 7.99. The van der Waals surface area contributed by atoms with Crippen LogP contribution >= 0.6 is 15.9 Å². The summed E-state index contributed by atoms with van der Waals surface area (Å²) in [6.45, 7) is 3.67. The lowest BCUT2D eigenvalue weighted by molar-refractivity contribution is 0.402. The molecule has 0 saturated carbocycles. The average molecular weight is 260 g/mol. The minimum atomic E-state index is -0.278. The number of allylic oxidation sites excluding steroid dienone is 1. The minimum Gasteiger partial charge on any atom is -0.416 e. The van der Waals surface area contributed by atoms with Crippen molar-refractivity contribution in [2.75, 3.05) is 5.33 Å². The predicted octanol–water partition coefficient (Wildman–Crippen LogP) is 2.73. The third-order valence-corrected chi connectivity index (χ3v) is 2.60. The van der Waals surface area contributed by atoms with Crippen molar-refractivity contribution in [1.29, 1.82) is 0 Å². The molecule has 0 unspecified atom stereocenters. The Bertz CT molecular complexity index is 329. The van der Waals surface area contributed by atoms with Gasteiger partial charge >= 0.3 is 5.76 Å². The lowest BCUT2D eigenvalue weighted by atomic mass is 10.1. The highest BCUT2D eigenvalue weighted by Gasteiger charge is 2.11. The molecule has 0 bridgehead atoms. The summed E-state index contributed by atoms with van der Waals surface area (Å²) in [6, 6.07) is 0.207. The molecule has 1 atom stereocenters. The molecule has 0 fully saturated rings. The van der Waals surface area contributed by atoms with Crippen LogP contribution in [0, 0.1) is 0 Å². The fraction of sp³-hybridized carbons (Fsp3) is 0.500. The van der Waals surface area contributed by atoms with Crippen molar-refractivity contribution >= 4 is 15.9 Å². The van der Waals surface area contributed by atoms with Crippen LogP contribution in [0.25, 0.3) is 0 Å². The van der Waals surface area contributed by atoms with Crippen LogP contribution in [-0.4, -0.2) is 9.90 Å². The monoisotopic (exact) mass is 259 g/mol. The van der Waals surface area contributed by atoms with Gasteiger partial charge in [0, 0.05) is 17.6 Å². The van der Waals surface area contributed by atoms with Crippen LogP contribution in [0.5, 0.6) is 0 Å². The van der Waals surface area contributed by atoms with Gasteiger partial charge in [0.05, 0.1) is 0 Å². The van der Waals surface area contributed by atoms with Gasteiger partial charge < -0.3 is 4.42 Å². The van der Waals surface area contributed by atoms with Crippen molar-refractivity contribution in [2.24, 2.45) is 0 Å². The van der Waals surface area contributed by atoms with Crippen LogP contribution in [0.2, 0.25) is 0 Å². The van der Waals surface area contributed by atoms with Crippen molar-refractivity contribution in [2.45, 2.75) is 25.3 Å². The normalized spacial score (nSPS) is 12.6. The molecule has 3 nitrogen and oxygen atoms in total. The maximum absolute atomic E-state index is 11.3. The Labute approximate surface area is 91.5 Å². The molecule has 0 aliphatic heterocycles. The number of hydrogen-bond acceptors (Lipinski definition) is 2. The Morgan fingerprint density at radius 1 is 1.64 bits per heavy atom. The van der Waals surface area contributed by atoms with E-state index in [1.54, 1.807) is 10.8 Å². The molecule has 0 aromatic carbocycles. The van der Waals surface area contributed by atoms with Gasteiger partial charge in [-0.1, -0.05) is 22.0 Å². The van der Waals surface area contributed by atoms with E-state index >= 15 is 0 Å². The van der Waals surface area contributed by atoms with E-state index in [0.29, 0.717) is 0 Å². The second-order valence-corrected chi connectivity index (χ2v) is 3.87. The number of hydrogen-bond donors (Lipinski definition) is 0. The summed E-state index contributed by atoms with van der Waals surface area (Å²) >= 11 is 3.38. The van der Waals surface area contributed by atoms with Crippen molar-refractivity contribution in [1.82, 2.24) is 4.57 Å². The predicted molar refractivity (Wildman–Crippen MR) is 59.8 cm³/mol. The van der Waals surface area contributed by atoms with E-state index in [-0.39, 0.29) is 11.8 Å². The van der Waals surface area contributed by atoms with Crippen molar-refractivity contribution < 1.29 is 4.42 Å². The zero-order chi connectivity index (χ0) is 10.4. The molecule has 0 aliphatic carbocycles. The molecule has 0 aliphatic rings. The Hall–Kier alpha value is -0.770. The Morgan fingerprint density at radius 3 is 2.93 bits per heavy atom. The molecular formula is C10H14BrNO2. The number of oxazole rings is 1. The van der Waals surface area contributed by atoms with Gasteiger partial charge in [-0.2, -0.15) is 0 Å². The quantitative estimate of drug-likeness (QED) is 0.582. The number of nitrogens with zero attached hydrogens (tertiary/aromatic N) is 1. The van der Waals surface area contributed by atoms with Gasteiger partial charge in [0.1, 0.15) is 6.26 Å². The molecular weight excluding hydrogens is 246 g/mol. The van der Waals surface area contributed by atoms with E-state index in [0.717, 1.165) is 24.6 Å². The first-order chi connectivity index (χ1) is 6.79. The maximum Gasteiger partial charge on any atom is 0.419 e. The highest BCUT2D eigenvalue weighted by Crippen LogP contribution is 2.17. The Kier molecular flexibility index (Phi) is 4.73. The standard InChI is InChI=1S/C10H14BrNO2/c1-2-3-4-9(5-6-11)12-7-8-14-10(12)13/h2,7-9H,1,3-6H2/t9-/m0/s1. The molecule has 14 heavy (non-hydrogen) atoms. The highest BCUT2D eigenvalue weighted by atomic mass is 79.9. The summed E-state index contributed by atoms with van der Waals surface area (Å²) in [5.41, 5.74) is 0. The van der Waals surface area contributed by atoms with Crippen LogP contribution in [0.4, 0.5) is 0 Å². The van der Waals surface area contributed by atoms with Gasteiger partial charge in [0.2, 0.25) is 0 Å². The third kappa shape index (κ3) is 2.87. The summed E-state index contributed by atoms with van der Waals surface area (Å²) < 4.78 is 6.38. The molecule has 0 N–H and O–H groups in total. The molecule has 0 spiro atoms. The summed E-state index contributed by atoms with van der Waals surface area (Å²) in [7, 11) is 0. The van der Waals surface area contributed by atoms with Gasteiger partial charge in [0.25, 0.3) is 0 Å². The molecule has 1 aromatic rings. The van der Waals surface area contributed by atoms with Crippen LogP contribution in [-0.2, 0) is 0 Å². The second kappa shape index (κ2) is 5.86. The van der Waals surface area contributed by atoms with Gasteiger partial charge in [-0.05, 0) is 19.3 Å². The van der Waals surface area contributed by atoms with E-state index in [4.69, 9.17) is 4.42 Å². The highest BCUT2D eigenvalue weighted by molar-refractivity contribution is 9.09. The molecule has 1 heterocycles. The fourth-order valence-electron chi connectivity index (χ4n) is 1.41. The summed E-state index contributed by atoms with van der Waals surface area (Å²) in [5.74, 6) is -0.278. The number of halogens is 1. The van der Waals surface area contributed by atoms with Gasteiger partial charge in [-0.15, -0.1) is 6.58 Å². The molecule has 4 heteroatoms.